The van der Waals surface area contributed by atoms with Gasteiger partial charge in [-0.15, -0.1) is 0 Å². The smallest absolute Gasteiger partial charge is 0.115 e. The lowest BCUT2D eigenvalue weighted by molar-refractivity contribution is 0.281. The van der Waals surface area contributed by atoms with Crippen molar-refractivity contribution in [3.63, 3.8) is 0 Å². The van der Waals surface area contributed by atoms with Gasteiger partial charge in [0.25, 0.3) is 0 Å². The number of hydrogen-bond donors (Lipinski definition) is 3. The van der Waals surface area contributed by atoms with Crippen LogP contribution >= 0.6 is 0 Å². The second kappa shape index (κ2) is 8.17. The Kier molecular flexibility index (Phi) is 5.94. The van der Waals surface area contributed by atoms with Crippen molar-refractivity contribution < 1.29 is 15.3 Å². The first kappa shape index (κ1) is 16.0. The van der Waals surface area contributed by atoms with Crippen LogP contribution < -0.4 is 4.90 Å². The summed E-state index contributed by atoms with van der Waals surface area (Å²) in [6.45, 7) is 1.05. The van der Waals surface area contributed by atoms with Crippen LogP contribution in [-0.2, 0) is 0 Å². The Morgan fingerprint density at radius 1 is 0.864 bits per heavy atom. The highest BCUT2D eigenvalue weighted by Gasteiger charge is 2.04. The molecule has 0 atom stereocenters. The molecule has 0 saturated carbocycles. The Morgan fingerprint density at radius 3 is 2.00 bits per heavy atom. The van der Waals surface area contributed by atoms with E-state index in [1.165, 1.54) is 0 Å². The fourth-order valence-corrected chi connectivity index (χ4v) is 2.07. The maximum absolute atomic E-state index is 9.23. The number of phenols is 1. The van der Waals surface area contributed by atoms with Gasteiger partial charge < -0.3 is 20.2 Å². The lowest BCUT2D eigenvalue weighted by atomic mass is 10.2. The first-order valence-corrected chi connectivity index (χ1v) is 7.13. The van der Waals surface area contributed by atoms with Gasteiger partial charge in [0.1, 0.15) is 5.75 Å². The molecule has 0 unspecified atom stereocenters. The van der Waals surface area contributed by atoms with Gasteiger partial charge in [0.05, 0.1) is 18.9 Å². The minimum atomic E-state index is 0.0424. The Balaban J connectivity index is 2.06. The van der Waals surface area contributed by atoms with Crippen molar-refractivity contribution in [3.05, 3.63) is 54.1 Å². The van der Waals surface area contributed by atoms with E-state index in [9.17, 15) is 5.11 Å². The number of phenolic OH excluding ortho intramolecular Hbond substituents is 1. The molecular formula is C17H20N2O3. The molecule has 22 heavy (non-hydrogen) atoms. The van der Waals surface area contributed by atoms with Crippen LogP contribution in [0.15, 0.2) is 53.5 Å². The van der Waals surface area contributed by atoms with Gasteiger partial charge >= 0.3 is 0 Å². The van der Waals surface area contributed by atoms with Crippen molar-refractivity contribution >= 4 is 17.6 Å². The summed E-state index contributed by atoms with van der Waals surface area (Å²) in [6, 6.07) is 14.4. The number of rotatable bonds is 7. The molecule has 0 radical (unpaired) electrons. The number of aliphatic imine (C=N–C) groups is 1. The molecule has 0 fully saturated rings. The molecule has 0 aliphatic carbocycles. The van der Waals surface area contributed by atoms with Gasteiger partial charge in [-0.05, 0) is 54.1 Å². The Bertz CT molecular complexity index is 588. The van der Waals surface area contributed by atoms with Crippen LogP contribution in [0.2, 0.25) is 0 Å². The third-order valence-electron chi connectivity index (χ3n) is 3.21. The first-order valence-electron chi connectivity index (χ1n) is 7.13. The van der Waals surface area contributed by atoms with E-state index in [1.807, 2.05) is 29.2 Å². The lowest BCUT2D eigenvalue weighted by Crippen LogP contribution is -2.29. The fourth-order valence-electron chi connectivity index (χ4n) is 2.07. The Hall–Kier alpha value is -2.37. The van der Waals surface area contributed by atoms with Crippen LogP contribution in [0.1, 0.15) is 5.56 Å². The molecule has 0 heterocycles. The van der Waals surface area contributed by atoms with Gasteiger partial charge in [-0.1, -0.05) is 0 Å². The normalized spacial score (nSPS) is 11.0. The van der Waals surface area contributed by atoms with E-state index in [1.54, 1.807) is 30.5 Å². The van der Waals surface area contributed by atoms with Gasteiger partial charge in [0.15, 0.2) is 0 Å². The number of aliphatic hydroxyl groups is 2. The van der Waals surface area contributed by atoms with E-state index in [0.717, 1.165) is 16.9 Å². The quantitative estimate of drug-likeness (QED) is 0.683. The molecule has 0 aliphatic rings. The van der Waals surface area contributed by atoms with E-state index in [0.29, 0.717) is 13.1 Å². The average molecular weight is 300 g/mol. The molecular weight excluding hydrogens is 280 g/mol. The summed E-state index contributed by atoms with van der Waals surface area (Å²) < 4.78 is 0. The molecule has 5 heteroatoms. The Morgan fingerprint density at radius 2 is 1.45 bits per heavy atom. The maximum atomic E-state index is 9.23. The molecule has 2 rings (SSSR count). The molecule has 0 aromatic heterocycles. The van der Waals surface area contributed by atoms with Crippen molar-refractivity contribution in [2.24, 2.45) is 4.99 Å². The van der Waals surface area contributed by atoms with E-state index < -0.39 is 0 Å². The van der Waals surface area contributed by atoms with Crippen LogP contribution in [-0.4, -0.2) is 47.8 Å². The van der Waals surface area contributed by atoms with Crippen LogP contribution in [0, 0.1) is 0 Å². The van der Waals surface area contributed by atoms with E-state index >= 15 is 0 Å². The third-order valence-corrected chi connectivity index (χ3v) is 3.21. The topological polar surface area (TPSA) is 76.3 Å². The monoisotopic (exact) mass is 300 g/mol. The summed E-state index contributed by atoms with van der Waals surface area (Å²) in [6.07, 6.45) is 1.73. The number of nitrogens with zero attached hydrogens (tertiary/aromatic N) is 2. The number of benzene rings is 2. The number of anilines is 1. The zero-order valence-corrected chi connectivity index (χ0v) is 12.3. The number of aromatic hydroxyl groups is 1. The minimum absolute atomic E-state index is 0.0424. The molecule has 0 aliphatic heterocycles. The Labute approximate surface area is 129 Å². The van der Waals surface area contributed by atoms with Crippen LogP contribution in [0.4, 0.5) is 11.4 Å². The molecule has 0 saturated heterocycles. The molecule has 2 aromatic rings. The highest BCUT2D eigenvalue weighted by molar-refractivity contribution is 5.82. The predicted octanol–water partition coefficient (Wildman–Crippen LogP) is 1.93. The summed E-state index contributed by atoms with van der Waals surface area (Å²) >= 11 is 0. The maximum Gasteiger partial charge on any atom is 0.115 e. The van der Waals surface area contributed by atoms with Crippen LogP contribution in [0.5, 0.6) is 5.75 Å². The second-order valence-electron chi connectivity index (χ2n) is 4.80. The fraction of sp³-hybridized carbons (Fsp3) is 0.235. The highest BCUT2D eigenvalue weighted by Crippen LogP contribution is 2.20. The third kappa shape index (κ3) is 4.58. The van der Waals surface area contributed by atoms with Crippen molar-refractivity contribution in [1.82, 2.24) is 0 Å². The van der Waals surface area contributed by atoms with Crippen LogP contribution in [0.3, 0.4) is 0 Å². The summed E-state index contributed by atoms with van der Waals surface area (Å²) in [4.78, 5) is 6.28. The highest BCUT2D eigenvalue weighted by atomic mass is 16.3. The van der Waals surface area contributed by atoms with Gasteiger partial charge in [0.2, 0.25) is 0 Å². The summed E-state index contributed by atoms with van der Waals surface area (Å²) in [5.41, 5.74) is 2.65. The zero-order valence-electron chi connectivity index (χ0n) is 12.3. The van der Waals surface area contributed by atoms with Gasteiger partial charge in [-0.25, -0.2) is 0 Å². The molecule has 2 aromatic carbocycles. The van der Waals surface area contributed by atoms with Crippen LogP contribution in [0.25, 0.3) is 0 Å². The summed E-state index contributed by atoms with van der Waals surface area (Å²) in [5, 5.41) is 27.3. The lowest BCUT2D eigenvalue weighted by Gasteiger charge is -2.22. The minimum Gasteiger partial charge on any atom is -0.508 e. The molecule has 116 valence electrons. The van der Waals surface area contributed by atoms with E-state index in [2.05, 4.69) is 4.99 Å². The molecule has 3 N–H and O–H groups in total. The van der Waals surface area contributed by atoms with Crippen molar-refractivity contribution in [2.45, 2.75) is 0 Å². The predicted molar refractivity (Wildman–Crippen MR) is 88.2 cm³/mol. The second-order valence-corrected chi connectivity index (χ2v) is 4.80. The average Bonchev–Trinajstić information content (AvgIpc) is 2.55. The molecule has 0 bridgehead atoms. The standard InChI is InChI=1S/C17H20N2O3/c20-11-9-19(10-12-21)16-5-3-15(4-6-16)18-13-14-1-7-17(22)8-2-14/h1-8,13,20-22H,9-12H2. The summed E-state index contributed by atoms with van der Waals surface area (Å²) in [7, 11) is 0. The zero-order chi connectivity index (χ0) is 15.8. The first-order chi connectivity index (χ1) is 10.7. The largest absolute Gasteiger partial charge is 0.508 e. The molecule has 0 amide bonds. The van der Waals surface area contributed by atoms with Gasteiger partial charge in [-0.3, -0.25) is 4.99 Å². The molecule has 5 nitrogen and oxygen atoms in total. The summed E-state index contributed by atoms with van der Waals surface area (Å²) in [5.74, 6) is 0.231. The van der Waals surface area contributed by atoms with E-state index in [-0.39, 0.29) is 19.0 Å². The van der Waals surface area contributed by atoms with Gasteiger partial charge in [-0.2, -0.15) is 0 Å². The molecule has 0 spiro atoms. The van der Waals surface area contributed by atoms with Crippen molar-refractivity contribution in [1.29, 1.82) is 0 Å². The number of aliphatic hydroxyl groups excluding tert-OH is 2. The van der Waals surface area contributed by atoms with Crippen molar-refractivity contribution in [3.8, 4) is 5.75 Å². The van der Waals surface area contributed by atoms with Crippen molar-refractivity contribution in [2.75, 3.05) is 31.2 Å². The van der Waals surface area contributed by atoms with E-state index in [4.69, 9.17) is 10.2 Å². The SMILES string of the molecule is OCCN(CCO)c1ccc(N=Cc2ccc(O)cc2)cc1. The van der Waals surface area contributed by atoms with Gasteiger partial charge in [0, 0.05) is 25.0 Å². The number of hydrogen-bond acceptors (Lipinski definition) is 5.